The van der Waals surface area contributed by atoms with Gasteiger partial charge in [-0.15, -0.1) is 5.10 Å². The van der Waals surface area contributed by atoms with E-state index in [2.05, 4.69) is 89.8 Å². The first-order valence-corrected chi connectivity index (χ1v) is 11.5. The molecule has 2 heterocycles. The molecule has 0 spiro atoms. The average molecular weight is 446 g/mol. The summed E-state index contributed by atoms with van der Waals surface area (Å²) >= 11 is 0. The van der Waals surface area contributed by atoms with Crippen molar-refractivity contribution < 1.29 is 0 Å². The van der Waals surface area contributed by atoms with E-state index in [9.17, 15) is 4.79 Å². The van der Waals surface area contributed by atoms with Crippen LogP contribution >= 0.6 is 0 Å². The molecule has 0 amide bonds. The van der Waals surface area contributed by atoms with Gasteiger partial charge in [-0.25, -0.2) is 14.6 Å². The fraction of sp³-hybridized carbons (Fsp3) is 0.400. The van der Waals surface area contributed by atoms with Crippen LogP contribution < -0.4 is 5.69 Å². The van der Waals surface area contributed by atoms with Crippen molar-refractivity contribution in [2.45, 2.75) is 53.6 Å². The van der Waals surface area contributed by atoms with Gasteiger partial charge in [-0.1, -0.05) is 70.2 Å². The van der Waals surface area contributed by atoms with Gasteiger partial charge in [0.2, 0.25) is 0 Å². The van der Waals surface area contributed by atoms with E-state index < -0.39 is 0 Å². The number of nitrogens with one attached hydrogen (secondary N) is 1. The number of nitrogens with zero attached hydrogens (tertiary/aromatic N) is 6. The van der Waals surface area contributed by atoms with Gasteiger partial charge >= 0.3 is 5.69 Å². The number of aromatic nitrogens is 7. The Bertz CT molecular complexity index is 1230. The molecule has 4 aromatic rings. The Morgan fingerprint density at radius 3 is 2.36 bits per heavy atom. The lowest BCUT2D eigenvalue weighted by atomic mass is 10.0. The number of tetrazole rings is 1. The van der Waals surface area contributed by atoms with E-state index in [0.29, 0.717) is 30.7 Å². The summed E-state index contributed by atoms with van der Waals surface area (Å²) < 4.78 is 3.46. The van der Waals surface area contributed by atoms with Crippen molar-refractivity contribution in [2.75, 3.05) is 0 Å². The molecule has 33 heavy (non-hydrogen) atoms. The number of H-pyrrole nitrogens is 1. The van der Waals surface area contributed by atoms with Crippen LogP contribution in [0.4, 0.5) is 0 Å². The zero-order valence-corrected chi connectivity index (χ0v) is 19.7. The Balaban J connectivity index is 1.57. The van der Waals surface area contributed by atoms with E-state index in [-0.39, 0.29) is 5.69 Å². The maximum atomic E-state index is 13.1. The third kappa shape index (κ3) is 5.45. The molecule has 0 fully saturated rings. The van der Waals surface area contributed by atoms with Crippen LogP contribution in [0.3, 0.4) is 0 Å². The van der Waals surface area contributed by atoms with Gasteiger partial charge in [0.15, 0.2) is 5.82 Å². The third-order valence-electron chi connectivity index (χ3n) is 5.62. The van der Waals surface area contributed by atoms with Crippen LogP contribution in [0.15, 0.2) is 53.3 Å². The van der Waals surface area contributed by atoms with E-state index in [1.54, 1.807) is 4.68 Å². The molecule has 0 saturated heterocycles. The summed E-state index contributed by atoms with van der Waals surface area (Å²) in [4.78, 5) is 13.1. The molecule has 1 N–H and O–H groups in total. The van der Waals surface area contributed by atoms with Crippen LogP contribution in [0.5, 0.6) is 0 Å². The highest BCUT2D eigenvalue weighted by Gasteiger charge is 2.15. The van der Waals surface area contributed by atoms with E-state index in [1.165, 1.54) is 0 Å². The monoisotopic (exact) mass is 445 g/mol. The Hall–Kier alpha value is -3.55. The van der Waals surface area contributed by atoms with Crippen molar-refractivity contribution in [1.29, 1.82) is 0 Å². The fourth-order valence-corrected chi connectivity index (χ4v) is 3.80. The van der Waals surface area contributed by atoms with Crippen molar-refractivity contribution in [2.24, 2.45) is 11.8 Å². The van der Waals surface area contributed by atoms with Crippen LogP contribution in [0.1, 0.15) is 45.5 Å². The molecule has 0 atom stereocenters. The molecule has 8 nitrogen and oxygen atoms in total. The standard InChI is InChI=1S/C25H31N7O/c1-17(2)12-13-32-25(33)31(23(28-32)14-18(3)4)16-19-8-10-20(11-9-19)21-6-5-7-22(15-21)24-26-29-30-27-24/h5-11,15,17-18H,12-14,16H2,1-4H3,(H,26,27,29,30). The number of aromatic amines is 1. The molecule has 2 aromatic carbocycles. The van der Waals surface area contributed by atoms with Crippen LogP contribution in [0.25, 0.3) is 22.5 Å². The van der Waals surface area contributed by atoms with Gasteiger partial charge in [0.25, 0.3) is 0 Å². The number of aryl methyl sites for hydroxylation is 1. The second kappa shape index (κ2) is 9.94. The molecule has 2 aromatic heterocycles. The van der Waals surface area contributed by atoms with Crippen molar-refractivity contribution >= 4 is 0 Å². The quantitative estimate of drug-likeness (QED) is 0.417. The zero-order chi connectivity index (χ0) is 23.4. The lowest BCUT2D eigenvalue weighted by molar-refractivity contribution is 0.472. The summed E-state index contributed by atoms with van der Waals surface area (Å²) in [7, 11) is 0. The predicted molar refractivity (Wildman–Crippen MR) is 129 cm³/mol. The predicted octanol–water partition coefficient (Wildman–Crippen LogP) is 4.18. The van der Waals surface area contributed by atoms with Gasteiger partial charge in [-0.05, 0) is 51.4 Å². The third-order valence-corrected chi connectivity index (χ3v) is 5.62. The minimum atomic E-state index is -0.0243. The molecule has 4 rings (SSSR count). The molecule has 8 heteroatoms. The summed E-state index contributed by atoms with van der Waals surface area (Å²) in [6.45, 7) is 9.81. The number of hydrogen-bond donors (Lipinski definition) is 1. The average Bonchev–Trinajstić information content (AvgIpc) is 3.43. The van der Waals surface area contributed by atoms with Crippen molar-refractivity contribution in [1.82, 2.24) is 35.0 Å². The molecule has 0 aliphatic carbocycles. The Morgan fingerprint density at radius 1 is 0.939 bits per heavy atom. The molecule has 0 radical (unpaired) electrons. The topological polar surface area (TPSA) is 94.3 Å². The lowest BCUT2D eigenvalue weighted by Crippen LogP contribution is -2.26. The van der Waals surface area contributed by atoms with Gasteiger partial charge in [-0.2, -0.15) is 5.10 Å². The number of benzene rings is 2. The highest BCUT2D eigenvalue weighted by atomic mass is 16.2. The van der Waals surface area contributed by atoms with Crippen molar-refractivity contribution in [3.05, 3.63) is 70.4 Å². The van der Waals surface area contributed by atoms with Gasteiger partial charge in [-0.3, -0.25) is 4.57 Å². The second-order valence-corrected chi connectivity index (χ2v) is 9.32. The smallest absolute Gasteiger partial charge is 0.274 e. The van der Waals surface area contributed by atoms with Crippen LogP contribution in [-0.4, -0.2) is 35.0 Å². The molecule has 0 bridgehead atoms. The van der Waals surface area contributed by atoms with Crippen molar-refractivity contribution in [3.8, 4) is 22.5 Å². The van der Waals surface area contributed by atoms with Gasteiger partial charge in [0.1, 0.15) is 5.82 Å². The van der Waals surface area contributed by atoms with E-state index in [1.807, 2.05) is 16.7 Å². The molecule has 0 aliphatic rings. The Kier molecular flexibility index (Phi) is 6.82. The lowest BCUT2D eigenvalue weighted by Gasteiger charge is -2.09. The van der Waals surface area contributed by atoms with E-state index >= 15 is 0 Å². The van der Waals surface area contributed by atoms with Crippen LogP contribution in [0.2, 0.25) is 0 Å². The van der Waals surface area contributed by atoms with Crippen LogP contribution in [0, 0.1) is 11.8 Å². The minimum Gasteiger partial charge on any atom is -0.274 e. The highest BCUT2D eigenvalue weighted by Crippen LogP contribution is 2.24. The summed E-state index contributed by atoms with van der Waals surface area (Å²) in [5.41, 5.74) is 4.15. The fourth-order valence-electron chi connectivity index (χ4n) is 3.80. The van der Waals surface area contributed by atoms with Gasteiger partial charge in [0, 0.05) is 18.5 Å². The van der Waals surface area contributed by atoms with Gasteiger partial charge in [0.05, 0.1) is 6.54 Å². The molecular weight excluding hydrogens is 414 g/mol. The zero-order valence-electron chi connectivity index (χ0n) is 19.7. The summed E-state index contributed by atoms with van der Waals surface area (Å²) in [6.07, 6.45) is 1.72. The first kappa shape index (κ1) is 22.6. The van der Waals surface area contributed by atoms with E-state index in [4.69, 9.17) is 0 Å². The molecule has 0 aliphatic heterocycles. The number of hydrogen-bond acceptors (Lipinski definition) is 5. The summed E-state index contributed by atoms with van der Waals surface area (Å²) in [5, 5.41) is 18.8. The maximum absolute atomic E-state index is 13.1. The molecular formula is C25H31N7O. The SMILES string of the molecule is CC(C)CCn1nc(CC(C)C)n(Cc2ccc(-c3cccc(-c4nnn[nH]4)c3)cc2)c1=O. The molecule has 172 valence electrons. The molecule has 0 saturated carbocycles. The summed E-state index contributed by atoms with van der Waals surface area (Å²) in [6, 6.07) is 16.4. The highest BCUT2D eigenvalue weighted by molar-refractivity contribution is 5.70. The maximum Gasteiger partial charge on any atom is 0.346 e. The Labute approximate surface area is 193 Å². The first-order valence-electron chi connectivity index (χ1n) is 11.5. The summed E-state index contributed by atoms with van der Waals surface area (Å²) in [5.74, 6) is 2.46. The largest absolute Gasteiger partial charge is 0.346 e. The van der Waals surface area contributed by atoms with Gasteiger partial charge < -0.3 is 0 Å². The normalized spacial score (nSPS) is 11.6. The second-order valence-electron chi connectivity index (χ2n) is 9.32. The minimum absolute atomic E-state index is 0.0243. The van der Waals surface area contributed by atoms with Crippen molar-refractivity contribution in [3.63, 3.8) is 0 Å². The Morgan fingerprint density at radius 2 is 1.70 bits per heavy atom. The van der Waals surface area contributed by atoms with Crippen LogP contribution in [-0.2, 0) is 19.5 Å². The molecule has 0 unspecified atom stereocenters. The number of rotatable bonds is 9. The van der Waals surface area contributed by atoms with E-state index in [0.717, 1.165) is 40.9 Å². The first-order chi connectivity index (χ1) is 15.9.